The van der Waals surface area contributed by atoms with E-state index < -0.39 is 23.4 Å². The molecule has 0 aliphatic heterocycles. The summed E-state index contributed by atoms with van der Waals surface area (Å²) in [4.78, 5) is 19.8. The van der Waals surface area contributed by atoms with Crippen molar-refractivity contribution in [2.45, 2.75) is 6.18 Å². The highest BCUT2D eigenvalue weighted by Crippen LogP contribution is 2.34. The van der Waals surface area contributed by atoms with E-state index in [1.165, 1.54) is 17.5 Å². The SMILES string of the molecule is O=C(Nc1nccs1)c1cnc2cc(C(F)(F)F)ccc2c1O. The quantitative estimate of drug-likeness (QED) is 0.747. The lowest BCUT2D eigenvalue weighted by atomic mass is 10.1. The number of hydrogen-bond acceptors (Lipinski definition) is 5. The molecule has 2 aromatic heterocycles. The van der Waals surface area contributed by atoms with Gasteiger partial charge in [0.15, 0.2) is 5.13 Å². The summed E-state index contributed by atoms with van der Waals surface area (Å²) < 4.78 is 38.0. The Balaban J connectivity index is 2.00. The predicted molar refractivity (Wildman–Crippen MR) is 78.5 cm³/mol. The number of amides is 1. The first-order valence-corrected chi connectivity index (χ1v) is 7.14. The van der Waals surface area contributed by atoms with Gasteiger partial charge in [-0.3, -0.25) is 15.1 Å². The van der Waals surface area contributed by atoms with Gasteiger partial charge in [-0.2, -0.15) is 13.2 Å². The molecule has 0 radical (unpaired) electrons. The van der Waals surface area contributed by atoms with Gasteiger partial charge in [-0.25, -0.2) is 4.98 Å². The van der Waals surface area contributed by atoms with Crippen LogP contribution in [0.25, 0.3) is 10.9 Å². The van der Waals surface area contributed by atoms with Gasteiger partial charge in [0, 0.05) is 23.2 Å². The molecule has 0 aliphatic carbocycles. The maximum atomic E-state index is 12.7. The number of pyridine rings is 1. The maximum absolute atomic E-state index is 12.7. The predicted octanol–water partition coefficient (Wildman–Crippen LogP) is 3.67. The third-order valence-corrected chi connectivity index (χ3v) is 3.75. The lowest BCUT2D eigenvalue weighted by molar-refractivity contribution is -0.137. The van der Waals surface area contributed by atoms with Crippen LogP contribution in [0.15, 0.2) is 36.0 Å². The van der Waals surface area contributed by atoms with Crippen molar-refractivity contribution in [2.24, 2.45) is 0 Å². The second-order valence-corrected chi connectivity index (χ2v) is 5.44. The van der Waals surface area contributed by atoms with Gasteiger partial charge in [0.25, 0.3) is 5.91 Å². The number of halogens is 3. The number of rotatable bonds is 2. The number of hydrogen-bond donors (Lipinski definition) is 2. The number of carbonyl (C=O) groups is 1. The third-order valence-electron chi connectivity index (χ3n) is 3.07. The summed E-state index contributed by atoms with van der Waals surface area (Å²) in [5, 5.41) is 14.7. The minimum atomic E-state index is -4.51. The van der Waals surface area contributed by atoms with E-state index in [1.807, 2.05) is 0 Å². The highest BCUT2D eigenvalue weighted by Gasteiger charge is 2.31. The molecule has 3 aromatic rings. The molecule has 0 spiro atoms. The van der Waals surface area contributed by atoms with E-state index in [1.54, 1.807) is 5.38 Å². The van der Waals surface area contributed by atoms with Crippen LogP contribution in [-0.2, 0) is 6.18 Å². The van der Waals surface area contributed by atoms with E-state index in [0.29, 0.717) is 5.13 Å². The normalized spacial score (nSPS) is 11.6. The summed E-state index contributed by atoms with van der Waals surface area (Å²) in [5.41, 5.74) is -1.08. The van der Waals surface area contributed by atoms with Crippen LogP contribution in [0.2, 0.25) is 0 Å². The molecule has 0 saturated heterocycles. The molecule has 9 heteroatoms. The number of nitrogens with zero attached hydrogens (tertiary/aromatic N) is 2. The Morgan fingerprint density at radius 3 is 2.70 bits per heavy atom. The van der Waals surface area contributed by atoms with Crippen molar-refractivity contribution in [3.63, 3.8) is 0 Å². The summed E-state index contributed by atoms with van der Waals surface area (Å²) in [5.74, 6) is -1.08. The number of carbonyl (C=O) groups excluding carboxylic acids is 1. The van der Waals surface area contributed by atoms with Crippen molar-refractivity contribution in [3.05, 3.63) is 47.1 Å². The van der Waals surface area contributed by atoms with Crippen LogP contribution in [0, 0.1) is 0 Å². The summed E-state index contributed by atoms with van der Waals surface area (Å²) in [6.45, 7) is 0. The van der Waals surface area contributed by atoms with Gasteiger partial charge < -0.3 is 5.11 Å². The Morgan fingerprint density at radius 2 is 2.04 bits per heavy atom. The zero-order valence-electron chi connectivity index (χ0n) is 11.3. The number of anilines is 1. The molecule has 1 amide bonds. The van der Waals surface area contributed by atoms with Crippen molar-refractivity contribution in [1.82, 2.24) is 9.97 Å². The zero-order chi connectivity index (χ0) is 16.6. The molecule has 23 heavy (non-hydrogen) atoms. The first-order chi connectivity index (χ1) is 10.9. The molecule has 0 unspecified atom stereocenters. The van der Waals surface area contributed by atoms with Crippen LogP contribution in [0.5, 0.6) is 5.75 Å². The van der Waals surface area contributed by atoms with Crippen molar-refractivity contribution >= 4 is 33.3 Å². The van der Waals surface area contributed by atoms with Crippen molar-refractivity contribution < 1.29 is 23.1 Å². The van der Waals surface area contributed by atoms with Crippen LogP contribution in [-0.4, -0.2) is 21.0 Å². The standard InChI is InChI=1S/C14H8F3N3O2S/c15-14(16,17)7-1-2-8-10(5-7)19-6-9(11(8)21)12(22)20-13-18-3-4-23-13/h1-6H,(H,19,21)(H,18,20,22). The summed E-state index contributed by atoms with van der Waals surface area (Å²) in [6, 6.07) is 2.73. The third kappa shape index (κ3) is 2.95. The highest BCUT2D eigenvalue weighted by molar-refractivity contribution is 7.13. The lowest BCUT2D eigenvalue weighted by Gasteiger charge is -2.10. The van der Waals surface area contributed by atoms with Crippen LogP contribution >= 0.6 is 11.3 Å². The molecule has 0 saturated carbocycles. The second-order valence-electron chi connectivity index (χ2n) is 4.54. The highest BCUT2D eigenvalue weighted by atomic mass is 32.1. The first-order valence-electron chi connectivity index (χ1n) is 6.26. The van der Waals surface area contributed by atoms with Gasteiger partial charge in [0.05, 0.1) is 11.1 Å². The van der Waals surface area contributed by atoms with E-state index in [0.717, 1.165) is 24.4 Å². The topological polar surface area (TPSA) is 75.1 Å². The Hall–Kier alpha value is -2.68. The lowest BCUT2D eigenvalue weighted by Crippen LogP contribution is -2.12. The average Bonchev–Trinajstić information content (AvgIpc) is 2.99. The molecular weight excluding hydrogens is 331 g/mol. The van der Waals surface area contributed by atoms with Crippen LogP contribution in [0.3, 0.4) is 0 Å². The van der Waals surface area contributed by atoms with Crippen LogP contribution in [0.1, 0.15) is 15.9 Å². The fraction of sp³-hybridized carbons (Fsp3) is 0.0714. The summed E-state index contributed by atoms with van der Waals surface area (Å²) in [6.07, 6.45) is -1.98. The molecule has 0 fully saturated rings. The van der Waals surface area contributed by atoms with E-state index >= 15 is 0 Å². The molecule has 0 aliphatic rings. The fourth-order valence-electron chi connectivity index (χ4n) is 1.97. The van der Waals surface area contributed by atoms with Crippen LogP contribution < -0.4 is 5.32 Å². The number of fused-ring (bicyclic) bond motifs is 1. The molecule has 1 aromatic carbocycles. The molecule has 118 valence electrons. The average molecular weight is 339 g/mol. The van der Waals surface area contributed by atoms with Crippen LogP contribution in [0.4, 0.5) is 18.3 Å². The summed E-state index contributed by atoms with van der Waals surface area (Å²) in [7, 11) is 0. The Kier molecular flexibility index (Phi) is 3.64. The van der Waals surface area contributed by atoms with E-state index in [9.17, 15) is 23.1 Å². The summed E-state index contributed by atoms with van der Waals surface area (Å²) >= 11 is 1.19. The molecule has 5 nitrogen and oxygen atoms in total. The van der Waals surface area contributed by atoms with Crippen molar-refractivity contribution in [1.29, 1.82) is 0 Å². The van der Waals surface area contributed by atoms with Crippen molar-refractivity contribution in [2.75, 3.05) is 5.32 Å². The minimum absolute atomic E-state index is 0.0527. The van der Waals surface area contributed by atoms with E-state index in [4.69, 9.17) is 0 Å². The Bertz CT molecular complexity index is 879. The monoisotopic (exact) mass is 339 g/mol. The molecule has 2 N–H and O–H groups in total. The van der Waals surface area contributed by atoms with Crippen molar-refractivity contribution in [3.8, 4) is 5.75 Å². The van der Waals surface area contributed by atoms with Gasteiger partial charge in [-0.15, -0.1) is 11.3 Å². The Morgan fingerprint density at radius 1 is 1.26 bits per heavy atom. The van der Waals surface area contributed by atoms with E-state index in [-0.39, 0.29) is 16.5 Å². The molecule has 0 atom stereocenters. The number of aromatic nitrogens is 2. The molecule has 0 bridgehead atoms. The van der Waals surface area contributed by atoms with Gasteiger partial charge in [0.1, 0.15) is 11.3 Å². The molecule has 3 rings (SSSR count). The molecular formula is C14H8F3N3O2S. The number of benzene rings is 1. The van der Waals surface area contributed by atoms with Gasteiger partial charge in [0.2, 0.25) is 0 Å². The number of aromatic hydroxyl groups is 1. The van der Waals surface area contributed by atoms with Gasteiger partial charge in [-0.05, 0) is 18.2 Å². The smallest absolute Gasteiger partial charge is 0.416 e. The van der Waals surface area contributed by atoms with Gasteiger partial charge in [-0.1, -0.05) is 0 Å². The fourth-order valence-corrected chi connectivity index (χ4v) is 2.50. The number of thiazole rings is 1. The minimum Gasteiger partial charge on any atom is -0.506 e. The number of alkyl halides is 3. The Labute approximate surface area is 131 Å². The zero-order valence-corrected chi connectivity index (χ0v) is 12.1. The maximum Gasteiger partial charge on any atom is 0.416 e. The van der Waals surface area contributed by atoms with E-state index in [2.05, 4.69) is 15.3 Å². The second kappa shape index (κ2) is 5.51. The molecule has 2 heterocycles. The first kappa shape index (κ1) is 15.2. The largest absolute Gasteiger partial charge is 0.506 e. The number of nitrogens with one attached hydrogen (secondary N) is 1. The van der Waals surface area contributed by atoms with Gasteiger partial charge >= 0.3 is 6.18 Å².